The molecule has 0 N–H and O–H groups in total. The van der Waals surface area contributed by atoms with Crippen LogP contribution in [0, 0.1) is 0 Å². The lowest BCUT2D eigenvalue weighted by atomic mass is 9.81. The fraction of sp³-hybridized carbons (Fsp3) is 0. The molecule has 4 aromatic carbocycles. The van der Waals surface area contributed by atoms with Crippen LogP contribution in [-0.2, 0) is 0 Å². The van der Waals surface area contributed by atoms with Gasteiger partial charge in [-0.05, 0) is 18.2 Å². The van der Waals surface area contributed by atoms with E-state index in [1.807, 2.05) is 42.5 Å². The highest BCUT2D eigenvalue weighted by Crippen LogP contribution is 2.43. The number of benzene rings is 4. The van der Waals surface area contributed by atoms with E-state index in [0.29, 0.717) is 44.7 Å². The molecule has 0 aliphatic heterocycles. The summed E-state index contributed by atoms with van der Waals surface area (Å²) in [6, 6.07) is 25.3. The number of furan rings is 1. The Morgan fingerprint density at radius 2 is 1.27 bits per heavy atom. The molecule has 0 fully saturated rings. The Bertz CT molecular complexity index is 1490. The number of ether oxygens (including phenoxy) is 1. The Balaban J connectivity index is 1.73. The van der Waals surface area contributed by atoms with E-state index in [1.54, 1.807) is 42.5 Å². The van der Waals surface area contributed by atoms with Crippen molar-refractivity contribution in [2.24, 2.45) is 0 Å². The molecular formula is C26H14O4. The predicted molar refractivity (Wildman–Crippen MR) is 114 cm³/mol. The van der Waals surface area contributed by atoms with Crippen molar-refractivity contribution in [1.82, 2.24) is 0 Å². The van der Waals surface area contributed by atoms with Crippen LogP contribution in [0.4, 0.5) is 0 Å². The van der Waals surface area contributed by atoms with Crippen LogP contribution in [0.5, 0.6) is 11.5 Å². The van der Waals surface area contributed by atoms with E-state index in [0.717, 1.165) is 5.39 Å². The predicted octanol–water partition coefficient (Wildman–Crippen LogP) is 6.15. The van der Waals surface area contributed by atoms with Gasteiger partial charge in [0.25, 0.3) is 0 Å². The second kappa shape index (κ2) is 6.16. The molecule has 6 rings (SSSR count). The Morgan fingerprint density at radius 3 is 2.03 bits per heavy atom. The molecule has 0 amide bonds. The van der Waals surface area contributed by atoms with E-state index in [1.165, 1.54) is 0 Å². The van der Waals surface area contributed by atoms with E-state index in [-0.39, 0.29) is 17.1 Å². The Kier molecular flexibility index (Phi) is 3.44. The van der Waals surface area contributed by atoms with Crippen molar-refractivity contribution in [3.05, 3.63) is 107 Å². The van der Waals surface area contributed by atoms with Crippen molar-refractivity contribution in [1.29, 1.82) is 0 Å². The van der Waals surface area contributed by atoms with Gasteiger partial charge in [0.1, 0.15) is 22.7 Å². The summed E-state index contributed by atoms with van der Waals surface area (Å²) in [6.45, 7) is 0. The summed E-state index contributed by atoms with van der Waals surface area (Å²) in [7, 11) is 0. The van der Waals surface area contributed by atoms with E-state index in [9.17, 15) is 9.59 Å². The number of hydrogen-bond donors (Lipinski definition) is 0. The molecule has 0 saturated carbocycles. The van der Waals surface area contributed by atoms with Crippen LogP contribution in [0.2, 0.25) is 0 Å². The van der Waals surface area contributed by atoms with Gasteiger partial charge in [0.2, 0.25) is 0 Å². The highest BCUT2D eigenvalue weighted by molar-refractivity contribution is 6.35. The quantitative estimate of drug-likeness (QED) is 0.356. The lowest BCUT2D eigenvalue weighted by Crippen LogP contribution is -2.21. The van der Waals surface area contributed by atoms with Crippen LogP contribution < -0.4 is 4.74 Å². The summed E-state index contributed by atoms with van der Waals surface area (Å²) in [4.78, 5) is 27.1. The lowest BCUT2D eigenvalue weighted by molar-refractivity contribution is 0.0978. The third-order valence-electron chi connectivity index (χ3n) is 5.47. The maximum atomic E-state index is 13.6. The van der Waals surface area contributed by atoms with Crippen molar-refractivity contribution in [2.45, 2.75) is 0 Å². The number of carbonyl (C=O) groups excluding carboxylic acids is 2. The summed E-state index contributed by atoms with van der Waals surface area (Å²) in [6.07, 6.45) is 0. The smallest absolute Gasteiger partial charge is 0.198 e. The Labute approximate surface area is 171 Å². The van der Waals surface area contributed by atoms with Gasteiger partial charge in [-0.3, -0.25) is 9.59 Å². The van der Waals surface area contributed by atoms with Gasteiger partial charge in [-0.2, -0.15) is 0 Å². The van der Waals surface area contributed by atoms with Crippen molar-refractivity contribution in [2.75, 3.05) is 0 Å². The Morgan fingerprint density at radius 1 is 0.633 bits per heavy atom. The average Bonchev–Trinajstić information content (AvgIpc) is 3.15. The Hall–Kier alpha value is -4.18. The van der Waals surface area contributed by atoms with Gasteiger partial charge in [0, 0.05) is 33.5 Å². The van der Waals surface area contributed by atoms with E-state index in [2.05, 4.69) is 0 Å². The van der Waals surface area contributed by atoms with Gasteiger partial charge in [0.15, 0.2) is 11.6 Å². The first-order valence-electron chi connectivity index (χ1n) is 9.62. The molecule has 4 nitrogen and oxygen atoms in total. The monoisotopic (exact) mass is 390 g/mol. The van der Waals surface area contributed by atoms with E-state index < -0.39 is 0 Å². The first-order valence-corrected chi connectivity index (χ1v) is 9.62. The molecule has 1 aromatic heterocycles. The molecule has 0 saturated heterocycles. The highest BCUT2D eigenvalue weighted by Gasteiger charge is 2.35. The summed E-state index contributed by atoms with van der Waals surface area (Å²) < 4.78 is 12.1. The zero-order valence-corrected chi connectivity index (χ0v) is 15.7. The lowest BCUT2D eigenvalue weighted by Gasteiger charge is -2.21. The van der Waals surface area contributed by atoms with Crippen molar-refractivity contribution in [3.63, 3.8) is 0 Å². The topological polar surface area (TPSA) is 56.5 Å². The van der Waals surface area contributed by atoms with Crippen LogP contribution in [0.3, 0.4) is 0 Å². The molecule has 0 atom stereocenters. The van der Waals surface area contributed by atoms with Gasteiger partial charge in [0.05, 0.1) is 5.56 Å². The van der Waals surface area contributed by atoms with Crippen LogP contribution in [0.25, 0.3) is 21.9 Å². The first kappa shape index (κ1) is 16.7. The molecule has 1 aliphatic rings. The van der Waals surface area contributed by atoms with Crippen LogP contribution >= 0.6 is 0 Å². The zero-order chi connectivity index (χ0) is 20.2. The summed E-state index contributed by atoms with van der Waals surface area (Å²) >= 11 is 0. The van der Waals surface area contributed by atoms with Crippen molar-refractivity contribution >= 4 is 33.5 Å². The molecule has 5 aromatic rings. The zero-order valence-electron chi connectivity index (χ0n) is 15.7. The molecule has 0 bridgehead atoms. The first-order chi connectivity index (χ1) is 14.7. The minimum absolute atomic E-state index is 0.199. The molecule has 0 unspecified atom stereocenters. The molecule has 1 heterocycles. The molecule has 142 valence electrons. The van der Waals surface area contributed by atoms with Crippen molar-refractivity contribution < 1.29 is 18.7 Å². The van der Waals surface area contributed by atoms with Gasteiger partial charge >= 0.3 is 0 Å². The largest absolute Gasteiger partial charge is 0.456 e. The summed E-state index contributed by atoms with van der Waals surface area (Å²) in [5, 5.41) is 1.45. The molecular weight excluding hydrogens is 376 g/mol. The molecule has 0 radical (unpaired) electrons. The number of ketones is 2. The molecule has 1 aliphatic carbocycles. The summed E-state index contributed by atoms with van der Waals surface area (Å²) in [5.74, 6) is 0.471. The maximum Gasteiger partial charge on any atom is 0.198 e. The van der Waals surface area contributed by atoms with E-state index >= 15 is 0 Å². The summed E-state index contributed by atoms with van der Waals surface area (Å²) in [5.41, 5.74) is 2.58. The third-order valence-corrected chi connectivity index (χ3v) is 5.47. The van der Waals surface area contributed by atoms with Crippen molar-refractivity contribution in [3.8, 4) is 11.5 Å². The molecule has 0 spiro atoms. The van der Waals surface area contributed by atoms with Gasteiger partial charge in [-0.15, -0.1) is 0 Å². The van der Waals surface area contributed by atoms with Gasteiger partial charge < -0.3 is 9.15 Å². The average molecular weight is 390 g/mol. The highest BCUT2D eigenvalue weighted by atomic mass is 16.5. The van der Waals surface area contributed by atoms with Gasteiger partial charge in [-0.1, -0.05) is 60.7 Å². The van der Waals surface area contributed by atoms with Crippen LogP contribution in [0.1, 0.15) is 31.8 Å². The van der Waals surface area contributed by atoms with E-state index in [4.69, 9.17) is 9.15 Å². The third kappa shape index (κ3) is 2.28. The van der Waals surface area contributed by atoms with Gasteiger partial charge in [-0.25, -0.2) is 0 Å². The minimum Gasteiger partial charge on any atom is -0.456 e. The minimum atomic E-state index is -0.224. The number of hydrogen-bond acceptors (Lipinski definition) is 4. The number of fused-ring (bicyclic) bond motifs is 6. The number of para-hydroxylation sites is 2. The molecule has 4 heteroatoms. The second-order valence-corrected chi connectivity index (χ2v) is 7.22. The SMILES string of the molecule is O=C1c2ccccc2C(=O)c2c1c(Oc1ccccc1)cc1oc3ccccc3c21. The standard InChI is InChI=1S/C26H14O4/c27-25-16-10-4-5-11-17(16)26(28)24-22-18-12-6-7-13-19(18)30-20(22)14-21(23(24)25)29-15-8-2-1-3-9-15/h1-14H. The maximum absolute atomic E-state index is 13.6. The van der Waals surface area contributed by atoms with Crippen LogP contribution in [-0.4, -0.2) is 11.6 Å². The fourth-order valence-corrected chi connectivity index (χ4v) is 4.16. The fourth-order valence-electron chi connectivity index (χ4n) is 4.16. The number of rotatable bonds is 2. The normalized spacial score (nSPS) is 12.8. The van der Waals surface area contributed by atoms with Crippen LogP contribution in [0.15, 0.2) is 89.3 Å². The second-order valence-electron chi connectivity index (χ2n) is 7.22. The number of carbonyl (C=O) groups is 2. The molecule has 30 heavy (non-hydrogen) atoms.